The molecule has 0 spiro atoms. The van der Waals surface area contributed by atoms with Crippen LogP contribution < -0.4 is 0 Å². The number of hydrogen-bond acceptors (Lipinski definition) is 2. The molecule has 86 valence electrons. The minimum atomic E-state index is -1.17. The highest BCUT2D eigenvalue weighted by atomic mass is 79.9. The third-order valence-corrected chi connectivity index (χ3v) is 4.06. The van der Waals surface area contributed by atoms with E-state index in [2.05, 4.69) is 40.6 Å². The zero-order chi connectivity index (χ0) is 11.6. The van der Waals surface area contributed by atoms with Gasteiger partial charge in [-0.1, -0.05) is 31.2 Å². The van der Waals surface area contributed by atoms with Crippen LogP contribution in [0, 0.1) is 0 Å². The molecular formula is C9H16BrClN2OSi. The molecule has 1 aromatic heterocycles. The fraction of sp³-hybridized carbons (Fsp3) is 0.667. The molecule has 0 aliphatic rings. The first-order chi connectivity index (χ1) is 6.81. The zero-order valence-electron chi connectivity index (χ0n) is 9.42. The summed E-state index contributed by atoms with van der Waals surface area (Å²) in [5, 5.41) is 0.582. The third-order valence-electron chi connectivity index (χ3n) is 1.84. The average molecular weight is 312 g/mol. The minimum absolute atomic E-state index is 0.0666. The Morgan fingerprint density at radius 3 is 2.60 bits per heavy atom. The number of halogens is 2. The van der Waals surface area contributed by atoms with Crippen molar-refractivity contribution < 1.29 is 4.74 Å². The first-order valence-corrected chi connectivity index (χ1v) is 9.68. The van der Waals surface area contributed by atoms with Crippen molar-refractivity contribution in [3.63, 3.8) is 0 Å². The maximum Gasteiger partial charge on any atom is 0.145 e. The average Bonchev–Trinajstić information content (AvgIpc) is 2.43. The molecule has 1 atom stereocenters. The molecule has 15 heavy (non-hydrogen) atoms. The van der Waals surface area contributed by atoms with E-state index in [0.717, 1.165) is 6.23 Å². The molecule has 0 aromatic carbocycles. The van der Waals surface area contributed by atoms with E-state index in [1.165, 1.54) is 0 Å². The second-order valence-electron chi connectivity index (χ2n) is 4.70. The van der Waals surface area contributed by atoms with Gasteiger partial charge in [-0.2, -0.15) is 0 Å². The molecule has 0 N–H and O–H groups in total. The second-order valence-corrected chi connectivity index (χ2v) is 11.2. The molecule has 0 fully saturated rings. The maximum atomic E-state index is 6.04. The lowest BCUT2D eigenvalue weighted by atomic mass is 10.6. The Kier molecular flexibility index (Phi) is 4.40. The number of aromatic nitrogens is 2. The van der Waals surface area contributed by atoms with E-state index in [4.69, 9.17) is 16.3 Å². The van der Waals surface area contributed by atoms with Crippen LogP contribution in [0.3, 0.4) is 0 Å². The Hall–Kier alpha value is 0.157. The van der Waals surface area contributed by atoms with Gasteiger partial charge in [0.1, 0.15) is 16.0 Å². The molecular weight excluding hydrogens is 296 g/mol. The Bertz CT molecular complexity index is 337. The molecule has 0 radical (unpaired) electrons. The number of imidazole rings is 1. The fourth-order valence-corrected chi connectivity index (χ4v) is 2.30. The predicted molar refractivity (Wildman–Crippen MR) is 68.9 cm³/mol. The van der Waals surface area contributed by atoms with E-state index in [9.17, 15) is 0 Å². The SMILES string of the molecule is CC(OC[Si](C)(C)C)n1cnc(Br)c1Cl. The summed E-state index contributed by atoms with van der Waals surface area (Å²) in [5.74, 6) is 0. The molecule has 1 rings (SSSR count). The number of rotatable bonds is 4. The van der Waals surface area contributed by atoms with Gasteiger partial charge in [0.2, 0.25) is 0 Å². The Morgan fingerprint density at radius 1 is 1.60 bits per heavy atom. The van der Waals surface area contributed by atoms with Crippen LogP contribution in [0.4, 0.5) is 0 Å². The maximum absolute atomic E-state index is 6.04. The van der Waals surface area contributed by atoms with Gasteiger partial charge in [-0.05, 0) is 22.9 Å². The molecule has 0 saturated heterocycles. The van der Waals surface area contributed by atoms with Crippen LogP contribution in [0.15, 0.2) is 10.9 Å². The van der Waals surface area contributed by atoms with Crippen molar-refractivity contribution in [2.75, 3.05) is 6.23 Å². The Balaban J connectivity index is 2.62. The van der Waals surface area contributed by atoms with Crippen molar-refractivity contribution in [2.45, 2.75) is 32.8 Å². The monoisotopic (exact) mass is 310 g/mol. The highest BCUT2D eigenvalue weighted by Gasteiger charge is 2.17. The lowest BCUT2D eigenvalue weighted by Crippen LogP contribution is -2.29. The number of hydrogen-bond donors (Lipinski definition) is 0. The molecule has 1 heterocycles. The summed E-state index contributed by atoms with van der Waals surface area (Å²) in [4.78, 5) is 4.06. The smallest absolute Gasteiger partial charge is 0.145 e. The number of nitrogens with zero attached hydrogens (tertiary/aromatic N) is 2. The first kappa shape index (κ1) is 13.2. The summed E-state index contributed by atoms with van der Waals surface area (Å²) in [5.41, 5.74) is 0. The van der Waals surface area contributed by atoms with E-state index >= 15 is 0 Å². The second kappa shape index (κ2) is 4.99. The van der Waals surface area contributed by atoms with Gasteiger partial charge in [0.05, 0.1) is 14.4 Å². The van der Waals surface area contributed by atoms with E-state index in [1.807, 2.05) is 11.5 Å². The molecule has 0 aliphatic carbocycles. The number of ether oxygens (including phenoxy) is 1. The van der Waals surface area contributed by atoms with Crippen LogP contribution in [0.5, 0.6) is 0 Å². The third kappa shape index (κ3) is 3.90. The summed E-state index contributed by atoms with van der Waals surface area (Å²) >= 11 is 9.30. The van der Waals surface area contributed by atoms with Crippen LogP contribution in [-0.4, -0.2) is 23.9 Å². The van der Waals surface area contributed by atoms with Gasteiger partial charge in [-0.25, -0.2) is 4.98 Å². The van der Waals surface area contributed by atoms with Crippen molar-refractivity contribution in [3.8, 4) is 0 Å². The van der Waals surface area contributed by atoms with Gasteiger partial charge in [-0.15, -0.1) is 0 Å². The topological polar surface area (TPSA) is 27.1 Å². The van der Waals surface area contributed by atoms with Gasteiger partial charge in [0, 0.05) is 6.23 Å². The van der Waals surface area contributed by atoms with Crippen molar-refractivity contribution in [2.24, 2.45) is 0 Å². The highest BCUT2D eigenvalue weighted by Crippen LogP contribution is 2.24. The van der Waals surface area contributed by atoms with Crippen molar-refractivity contribution in [1.82, 2.24) is 9.55 Å². The molecule has 6 heteroatoms. The molecule has 1 unspecified atom stereocenters. The normalized spacial score (nSPS) is 14.3. The highest BCUT2D eigenvalue weighted by molar-refractivity contribution is 9.10. The van der Waals surface area contributed by atoms with E-state index in [0.29, 0.717) is 9.76 Å². The van der Waals surface area contributed by atoms with Crippen LogP contribution >= 0.6 is 27.5 Å². The van der Waals surface area contributed by atoms with Crippen molar-refractivity contribution >= 4 is 35.6 Å². The molecule has 0 saturated carbocycles. The predicted octanol–water partition coefficient (Wildman–Crippen LogP) is 3.71. The van der Waals surface area contributed by atoms with Crippen LogP contribution in [0.1, 0.15) is 13.2 Å². The molecule has 0 aliphatic heterocycles. The molecule has 0 amide bonds. The molecule has 1 aromatic rings. The van der Waals surface area contributed by atoms with Gasteiger partial charge in [0.25, 0.3) is 0 Å². The van der Waals surface area contributed by atoms with E-state index in [1.54, 1.807) is 6.33 Å². The summed E-state index contributed by atoms with van der Waals surface area (Å²) in [6, 6.07) is 0. The quantitative estimate of drug-likeness (QED) is 0.793. The van der Waals surface area contributed by atoms with Gasteiger partial charge >= 0.3 is 0 Å². The minimum Gasteiger partial charge on any atom is -0.362 e. The largest absolute Gasteiger partial charge is 0.362 e. The lowest BCUT2D eigenvalue weighted by Gasteiger charge is -2.21. The standard InChI is InChI=1S/C9H16BrClN2OSi/c1-7(14-6-15(2,3)4)13-5-12-8(10)9(13)11/h5,7H,6H2,1-4H3. The summed E-state index contributed by atoms with van der Waals surface area (Å²) in [6.45, 7) is 8.78. The van der Waals surface area contributed by atoms with Crippen LogP contribution in [0.25, 0.3) is 0 Å². The summed E-state index contributed by atoms with van der Waals surface area (Å²) < 4.78 is 8.24. The molecule has 0 bridgehead atoms. The lowest BCUT2D eigenvalue weighted by molar-refractivity contribution is 0.0425. The first-order valence-electron chi connectivity index (χ1n) is 4.81. The fourth-order valence-electron chi connectivity index (χ4n) is 1.03. The molecule has 3 nitrogen and oxygen atoms in total. The van der Waals surface area contributed by atoms with E-state index in [-0.39, 0.29) is 6.23 Å². The van der Waals surface area contributed by atoms with E-state index < -0.39 is 8.07 Å². The Labute approximate surface area is 105 Å². The van der Waals surface area contributed by atoms with Crippen LogP contribution in [-0.2, 0) is 4.74 Å². The van der Waals surface area contributed by atoms with Gasteiger partial charge in [-0.3, -0.25) is 4.57 Å². The van der Waals surface area contributed by atoms with Gasteiger partial charge < -0.3 is 4.74 Å². The summed E-state index contributed by atoms with van der Waals surface area (Å²) in [6.07, 6.45) is 2.43. The van der Waals surface area contributed by atoms with Crippen molar-refractivity contribution in [1.29, 1.82) is 0 Å². The van der Waals surface area contributed by atoms with Crippen LogP contribution in [0.2, 0.25) is 24.8 Å². The van der Waals surface area contributed by atoms with Crippen molar-refractivity contribution in [3.05, 3.63) is 16.1 Å². The summed E-state index contributed by atoms with van der Waals surface area (Å²) in [7, 11) is -1.17. The Morgan fingerprint density at radius 2 is 2.20 bits per heavy atom. The zero-order valence-corrected chi connectivity index (χ0v) is 12.8. The van der Waals surface area contributed by atoms with Gasteiger partial charge in [0.15, 0.2) is 0 Å².